The molecule has 2 N–H and O–H groups in total. The van der Waals surface area contributed by atoms with E-state index in [0.29, 0.717) is 11.4 Å². The molecule has 2 rings (SSSR count). The predicted octanol–water partition coefficient (Wildman–Crippen LogP) is 2.57. The zero-order chi connectivity index (χ0) is 13.7. The summed E-state index contributed by atoms with van der Waals surface area (Å²) >= 11 is 3.31. The quantitative estimate of drug-likeness (QED) is 0.850. The van der Waals surface area contributed by atoms with Crippen molar-refractivity contribution in [2.45, 2.75) is 0 Å². The van der Waals surface area contributed by atoms with Crippen LogP contribution in [0.15, 0.2) is 47.1 Å². The van der Waals surface area contributed by atoms with Crippen molar-refractivity contribution in [3.8, 4) is 0 Å². The van der Waals surface area contributed by atoms with Crippen LogP contribution in [0.4, 0.5) is 5.69 Å². The van der Waals surface area contributed by atoms with Gasteiger partial charge in [0.05, 0.1) is 5.69 Å². The lowest BCUT2D eigenvalue weighted by Gasteiger charge is -2.07. The summed E-state index contributed by atoms with van der Waals surface area (Å²) in [5.74, 6) is -0.959. The van der Waals surface area contributed by atoms with Gasteiger partial charge in [-0.3, -0.25) is 4.79 Å². The highest BCUT2D eigenvalue weighted by Gasteiger charge is 2.11. The second-order valence-corrected chi connectivity index (χ2v) is 4.54. The molecule has 1 aromatic carbocycles. The summed E-state index contributed by atoms with van der Waals surface area (Å²) in [6.45, 7) is -0.334. The number of H-pyrrole nitrogens is 1. The van der Waals surface area contributed by atoms with Crippen molar-refractivity contribution >= 4 is 33.5 Å². The van der Waals surface area contributed by atoms with Crippen LogP contribution in [0.1, 0.15) is 10.5 Å². The van der Waals surface area contributed by atoms with Gasteiger partial charge in [0.1, 0.15) is 5.69 Å². The molecule has 98 valence electrons. The van der Waals surface area contributed by atoms with Crippen LogP contribution in [0.5, 0.6) is 0 Å². The number of amides is 1. The lowest BCUT2D eigenvalue weighted by Crippen LogP contribution is -2.21. The van der Waals surface area contributed by atoms with Crippen molar-refractivity contribution < 1.29 is 14.3 Å². The van der Waals surface area contributed by atoms with Crippen LogP contribution in [-0.2, 0) is 9.53 Å². The maximum atomic E-state index is 11.6. The number of hydrogen-bond acceptors (Lipinski definition) is 3. The Kier molecular flexibility index (Phi) is 4.35. The first kappa shape index (κ1) is 13.4. The second-order valence-electron chi connectivity index (χ2n) is 3.69. The maximum Gasteiger partial charge on any atom is 0.355 e. The Bertz CT molecular complexity index is 581. The van der Waals surface area contributed by atoms with Crippen LogP contribution >= 0.6 is 15.9 Å². The molecule has 0 aliphatic rings. The monoisotopic (exact) mass is 322 g/mol. The van der Waals surface area contributed by atoms with Gasteiger partial charge in [-0.25, -0.2) is 4.79 Å². The van der Waals surface area contributed by atoms with Crippen LogP contribution in [0.25, 0.3) is 0 Å². The molecule has 0 saturated carbocycles. The van der Waals surface area contributed by atoms with E-state index < -0.39 is 11.9 Å². The molecule has 1 heterocycles. The summed E-state index contributed by atoms with van der Waals surface area (Å²) in [7, 11) is 0. The Balaban J connectivity index is 1.86. The van der Waals surface area contributed by atoms with E-state index >= 15 is 0 Å². The zero-order valence-electron chi connectivity index (χ0n) is 9.85. The molecule has 0 atom stereocenters. The number of nitrogens with one attached hydrogen (secondary N) is 2. The van der Waals surface area contributed by atoms with Crippen molar-refractivity contribution in [1.29, 1.82) is 0 Å². The lowest BCUT2D eigenvalue weighted by atomic mass is 10.3. The molecule has 1 aromatic heterocycles. The van der Waals surface area contributed by atoms with E-state index in [9.17, 15) is 9.59 Å². The molecule has 0 radical (unpaired) electrons. The third-order valence-corrected chi connectivity index (χ3v) is 2.99. The maximum absolute atomic E-state index is 11.6. The van der Waals surface area contributed by atoms with Crippen LogP contribution < -0.4 is 5.32 Å². The Hall–Kier alpha value is -2.08. The number of carbonyl (C=O) groups is 2. The summed E-state index contributed by atoms with van der Waals surface area (Å²) in [5.41, 5.74) is 0.942. The number of halogens is 1. The number of benzene rings is 1. The molecule has 6 heteroatoms. The largest absolute Gasteiger partial charge is 0.451 e. The van der Waals surface area contributed by atoms with Crippen molar-refractivity contribution in [2.24, 2.45) is 0 Å². The van der Waals surface area contributed by atoms with Crippen LogP contribution in [0, 0.1) is 0 Å². The molecule has 1 amide bonds. The van der Waals surface area contributed by atoms with Gasteiger partial charge in [0.15, 0.2) is 6.61 Å². The third-order valence-electron chi connectivity index (χ3n) is 2.30. The van der Waals surface area contributed by atoms with Gasteiger partial charge in [-0.1, -0.05) is 12.1 Å². The molecule has 0 unspecified atom stereocenters. The Labute approximate surface area is 118 Å². The van der Waals surface area contributed by atoms with E-state index in [-0.39, 0.29) is 6.61 Å². The van der Waals surface area contributed by atoms with Gasteiger partial charge in [0.25, 0.3) is 5.91 Å². The minimum absolute atomic E-state index is 0.314. The predicted molar refractivity (Wildman–Crippen MR) is 73.8 cm³/mol. The highest BCUT2D eigenvalue weighted by atomic mass is 79.9. The number of aromatic amines is 1. The molecule has 19 heavy (non-hydrogen) atoms. The van der Waals surface area contributed by atoms with Crippen molar-refractivity contribution in [3.05, 3.63) is 52.8 Å². The first-order valence-corrected chi connectivity index (χ1v) is 6.31. The summed E-state index contributed by atoms with van der Waals surface area (Å²) < 4.78 is 5.63. The van der Waals surface area contributed by atoms with Crippen LogP contribution in [-0.4, -0.2) is 23.5 Å². The van der Waals surface area contributed by atoms with Gasteiger partial charge in [-0.05, 0) is 40.2 Å². The highest BCUT2D eigenvalue weighted by molar-refractivity contribution is 9.10. The van der Waals surface area contributed by atoms with E-state index in [0.717, 1.165) is 4.47 Å². The summed E-state index contributed by atoms with van der Waals surface area (Å²) in [6, 6.07) is 10.4. The molecule has 2 aromatic rings. The van der Waals surface area contributed by atoms with Gasteiger partial charge in [-0.2, -0.15) is 0 Å². The average molecular weight is 323 g/mol. The Morgan fingerprint density at radius 3 is 2.68 bits per heavy atom. The smallest absolute Gasteiger partial charge is 0.355 e. The number of rotatable bonds is 4. The molecule has 0 fully saturated rings. The van der Waals surface area contributed by atoms with Gasteiger partial charge in [0.2, 0.25) is 0 Å². The van der Waals surface area contributed by atoms with Gasteiger partial charge in [-0.15, -0.1) is 0 Å². The standard InChI is InChI=1S/C13H11BrN2O3/c14-9-4-1-2-5-10(9)16-12(17)8-19-13(18)11-6-3-7-15-11/h1-7,15H,8H2,(H,16,17). The van der Waals surface area contributed by atoms with Crippen LogP contribution in [0.3, 0.4) is 0 Å². The van der Waals surface area contributed by atoms with Crippen molar-refractivity contribution in [1.82, 2.24) is 4.98 Å². The van der Waals surface area contributed by atoms with Crippen LogP contribution in [0.2, 0.25) is 0 Å². The fourth-order valence-corrected chi connectivity index (χ4v) is 1.80. The normalized spacial score (nSPS) is 9.95. The number of anilines is 1. The Morgan fingerprint density at radius 2 is 2.00 bits per heavy atom. The summed E-state index contributed by atoms with van der Waals surface area (Å²) in [6.07, 6.45) is 1.61. The molecule has 0 spiro atoms. The highest BCUT2D eigenvalue weighted by Crippen LogP contribution is 2.20. The van der Waals surface area contributed by atoms with E-state index in [2.05, 4.69) is 26.2 Å². The minimum Gasteiger partial charge on any atom is -0.451 e. The van der Waals surface area contributed by atoms with Gasteiger partial charge < -0.3 is 15.0 Å². The molecular weight excluding hydrogens is 312 g/mol. The number of hydrogen-bond donors (Lipinski definition) is 2. The third kappa shape index (κ3) is 3.69. The topological polar surface area (TPSA) is 71.2 Å². The molecule has 0 aliphatic carbocycles. The molecule has 0 aliphatic heterocycles. The summed E-state index contributed by atoms with van der Waals surface area (Å²) in [4.78, 5) is 25.8. The van der Waals surface area contributed by atoms with Crippen molar-refractivity contribution in [3.63, 3.8) is 0 Å². The molecule has 0 saturated heterocycles. The number of esters is 1. The van der Waals surface area contributed by atoms with Crippen molar-refractivity contribution in [2.75, 3.05) is 11.9 Å². The summed E-state index contributed by atoms with van der Waals surface area (Å²) in [5, 5.41) is 2.64. The Morgan fingerprint density at radius 1 is 1.21 bits per heavy atom. The fraction of sp³-hybridized carbons (Fsp3) is 0.0769. The van der Waals surface area contributed by atoms with E-state index in [1.807, 2.05) is 6.07 Å². The molecule has 5 nitrogen and oxygen atoms in total. The first-order valence-electron chi connectivity index (χ1n) is 5.51. The number of ether oxygens (including phenoxy) is 1. The first-order chi connectivity index (χ1) is 9.16. The SMILES string of the molecule is O=C(COC(=O)c1ccc[nH]1)Nc1ccccc1Br. The van der Waals surface area contributed by atoms with Gasteiger partial charge in [0, 0.05) is 10.7 Å². The number of aromatic nitrogens is 1. The zero-order valence-corrected chi connectivity index (χ0v) is 11.4. The fourth-order valence-electron chi connectivity index (χ4n) is 1.42. The minimum atomic E-state index is -0.563. The van der Waals surface area contributed by atoms with E-state index in [4.69, 9.17) is 4.74 Å². The lowest BCUT2D eigenvalue weighted by molar-refractivity contribution is -0.119. The van der Waals surface area contributed by atoms with E-state index in [1.54, 1.807) is 36.5 Å². The molecular formula is C13H11BrN2O3. The van der Waals surface area contributed by atoms with Gasteiger partial charge >= 0.3 is 5.97 Å². The molecule has 0 bridgehead atoms. The van der Waals surface area contributed by atoms with E-state index in [1.165, 1.54) is 0 Å². The second kappa shape index (κ2) is 6.19. The number of para-hydroxylation sites is 1. The average Bonchev–Trinajstić information content (AvgIpc) is 2.93. The number of carbonyl (C=O) groups excluding carboxylic acids is 2.